The largest absolute Gasteiger partial charge is 0.325 e. The fourth-order valence-electron chi connectivity index (χ4n) is 2.56. The second-order valence-electron chi connectivity index (χ2n) is 6.36. The number of likely N-dealkylation sites (N-methyl/N-ethyl adjacent to an activating group) is 1. The zero-order valence-electron chi connectivity index (χ0n) is 15.8. The first-order chi connectivity index (χ1) is 13.8. The summed E-state index contributed by atoms with van der Waals surface area (Å²) < 4.78 is 26.1. The van der Waals surface area contributed by atoms with Gasteiger partial charge in [-0.2, -0.15) is 4.31 Å². The molecule has 0 saturated carbocycles. The molecule has 0 aliphatic carbocycles. The van der Waals surface area contributed by atoms with Crippen molar-refractivity contribution < 1.29 is 13.2 Å². The molecule has 7 nitrogen and oxygen atoms in total. The van der Waals surface area contributed by atoms with Crippen molar-refractivity contribution in [3.05, 3.63) is 71.5 Å². The number of hydrogen-bond donors (Lipinski definition) is 1. The molecule has 0 bridgehead atoms. The predicted molar refractivity (Wildman–Crippen MR) is 112 cm³/mol. The van der Waals surface area contributed by atoms with Crippen LogP contribution in [0.1, 0.15) is 5.69 Å². The first-order valence-electron chi connectivity index (χ1n) is 8.67. The number of sulfonamides is 1. The van der Waals surface area contributed by atoms with Crippen molar-refractivity contribution in [2.45, 2.75) is 11.8 Å². The van der Waals surface area contributed by atoms with Gasteiger partial charge < -0.3 is 5.32 Å². The standard InChI is InChI=1S/C20H19ClN4O3S/c1-14-11-12-22-20(23-14)15-3-7-17(8-4-15)24-19(26)13-25(2)29(27,28)18-9-5-16(21)6-10-18/h3-12H,13H2,1-2H3,(H,24,26). The van der Waals surface area contributed by atoms with Crippen LogP contribution in [0.25, 0.3) is 11.4 Å². The lowest BCUT2D eigenvalue weighted by atomic mass is 10.2. The van der Waals surface area contributed by atoms with Gasteiger partial charge in [0.15, 0.2) is 5.82 Å². The Hall–Kier alpha value is -2.81. The molecule has 3 rings (SSSR count). The fraction of sp³-hybridized carbons (Fsp3) is 0.150. The number of rotatable bonds is 6. The first kappa shape index (κ1) is 20.9. The van der Waals surface area contributed by atoms with Crippen molar-refractivity contribution in [1.82, 2.24) is 14.3 Å². The number of amides is 1. The van der Waals surface area contributed by atoms with E-state index in [4.69, 9.17) is 11.6 Å². The first-order valence-corrected chi connectivity index (χ1v) is 10.5. The summed E-state index contributed by atoms with van der Waals surface area (Å²) in [7, 11) is -2.44. The maximum atomic E-state index is 12.5. The van der Waals surface area contributed by atoms with Crippen molar-refractivity contribution in [2.24, 2.45) is 0 Å². The number of carbonyl (C=O) groups excluding carboxylic acids is 1. The van der Waals surface area contributed by atoms with Gasteiger partial charge in [-0.25, -0.2) is 18.4 Å². The molecule has 29 heavy (non-hydrogen) atoms. The summed E-state index contributed by atoms with van der Waals surface area (Å²) in [6, 6.07) is 14.6. The number of nitrogens with one attached hydrogen (secondary N) is 1. The Bertz CT molecular complexity index is 1120. The summed E-state index contributed by atoms with van der Waals surface area (Å²) in [5.41, 5.74) is 2.22. The summed E-state index contributed by atoms with van der Waals surface area (Å²) in [6.07, 6.45) is 1.68. The van der Waals surface area contributed by atoms with Gasteiger partial charge in [0, 0.05) is 35.2 Å². The summed E-state index contributed by atoms with van der Waals surface area (Å²) in [4.78, 5) is 20.9. The molecule has 0 atom stereocenters. The summed E-state index contributed by atoms with van der Waals surface area (Å²) in [6.45, 7) is 1.56. The molecule has 1 N–H and O–H groups in total. The van der Waals surface area contributed by atoms with Gasteiger partial charge in [0.2, 0.25) is 15.9 Å². The lowest BCUT2D eigenvalue weighted by Gasteiger charge is -2.17. The van der Waals surface area contributed by atoms with Crippen LogP contribution in [0.4, 0.5) is 5.69 Å². The monoisotopic (exact) mass is 430 g/mol. The molecule has 0 spiro atoms. The third-order valence-corrected chi connectivity index (χ3v) is 6.18. The predicted octanol–water partition coefficient (Wildman–Crippen LogP) is 3.36. The normalized spacial score (nSPS) is 11.4. The van der Waals surface area contributed by atoms with Crippen molar-refractivity contribution in [3.8, 4) is 11.4 Å². The Kier molecular flexibility index (Phi) is 6.26. The molecule has 0 saturated heterocycles. The van der Waals surface area contributed by atoms with Gasteiger partial charge in [-0.05, 0) is 61.5 Å². The topological polar surface area (TPSA) is 92.3 Å². The van der Waals surface area contributed by atoms with Crippen LogP contribution in [-0.2, 0) is 14.8 Å². The van der Waals surface area contributed by atoms with Gasteiger partial charge in [0.1, 0.15) is 0 Å². The van der Waals surface area contributed by atoms with Gasteiger partial charge in [-0.1, -0.05) is 11.6 Å². The van der Waals surface area contributed by atoms with E-state index >= 15 is 0 Å². The lowest BCUT2D eigenvalue weighted by Crippen LogP contribution is -2.34. The molecule has 150 valence electrons. The van der Waals surface area contributed by atoms with Crippen LogP contribution in [-0.4, -0.2) is 42.2 Å². The number of nitrogens with zero attached hydrogens (tertiary/aromatic N) is 3. The van der Waals surface area contributed by atoms with Crippen LogP contribution in [0, 0.1) is 6.92 Å². The number of hydrogen-bond acceptors (Lipinski definition) is 5. The van der Waals surface area contributed by atoms with E-state index in [1.807, 2.05) is 13.0 Å². The Morgan fingerprint density at radius 1 is 1.07 bits per heavy atom. The smallest absolute Gasteiger partial charge is 0.243 e. The van der Waals surface area contributed by atoms with Gasteiger partial charge in [0.05, 0.1) is 11.4 Å². The maximum Gasteiger partial charge on any atom is 0.243 e. The highest BCUT2D eigenvalue weighted by atomic mass is 35.5. The molecule has 0 aliphatic rings. The number of aryl methyl sites for hydroxylation is 1. The van der Waals surface area contributed by atoms with E-state index in [9.17, 15) is 13.2 Å². The summed E-state index contributed by atoms with van der Waals surface area (Å²) in [5, 5.41) is 3.12. The Labute approximate surface area is 174 Å². The number of halogens is 1. The van der Waals surface area contributed by atoms with E-state index in [0.717, 1.165) is 15.6 Å². The van der Waals surface area contributed by atoms with Crippen molar-refractivity contribution in [2.75, 3.05) is 18.9 Å². The highest BCUT2D eigenvalue weighted by Gasteiger charge is 2.23. The third kappa shape index (κ3) is 5.17. The maximum absolute atomic E-state index is 12.5. The van der Waals surface area contributed by atoms with Crippen LogP contribution < -0.4 is 5.32 Å². The minimum Gasteiger partial charge on any atom is -0.325 e. The Morgan fingerprint density at radius 3 is 2.34 bits per heavy atom. The molecule has 0 radical (unpaired) electrons. The van der Waals surface area contributed by atoms with Gasteiger partial charge in [-0.3, -0.25) is 4.79 Å². The van der Waals surface area contributed by atoms with E-state index in [-0.39, 0.29) is 11.4 Å². The molecule has 1 heterocycles. The SMILES string of the molecule is Cc1ccnc(-c2ccc(NC(=O)CN(C)S(=O)(=O)c3ccc(Cl)cc3)cc2)n1. The quantitative estimate of drug-likeness (QED) is 0.647. The van der Waals surface area contributed by atoms with E-state index in [1.165, 1.54) is 31.3 Å². The second-order valence-corrected chi connectivity index (χ2v) is 8.84. The minimum atomic E-state index is -3.79. The van der Waals surface area contributed by atoms with Gasteiger partial charge >= 0.3 is 0 Å². The van der Waals surface area contributed by atoms with E-state index < -0.39 is 15.9 Å². The molecule has 0 aliphatic heterocycles. The van der Waals surface area contributed by atoms with Crippen molar-refractivity contribution in [1.29, 1.82) is 0 Å². The van der Waals surface area contributed by atoms with Gasteiger partial charge in [-0.15, -0.1) is 0 Å². The highest BCUT2D eigenvalue weighted by Crippen LogP contribution is 2.19. The highest BCUT2D eigenvalue weighted by molar-refractivity contribution is 7.89. The van der Waals surface area contributed by atoms with Crippen LogP contribution >= 0.6 is 11.6 Å². The molecule has 1 amide bonds. The van der Waals surface area contributed by atoms with E-state index in [1.54, 1.807) is 30.5 Å². The molecule has 0 fully saturated rings. The van der Waals surface area contributed by atoms with Crippen molar-refractivity contribution >= 4 is 33.2 Å². The molecular weight excluding hydrogens is 412 g/mol. The Morgan fingerprint density at radius 2 is 1.72 bits per heavy atom. The fourth-order valence-corrected chi connectivity index (χ4v) is 3.82. The van der Waals surface area contributed by atoms with Crippen LogP contribution in [0.3, 0.4) is 0 Å². The van der Waals surface area contributed by atoms with Crippen LogP contribution in [0.2, 0.25) is 5.02 Å². The van der Waals surface area contributed by atoms with Gasteiger partial charge in [0.25, 0.3) is 0 Å². The average Bonchev–Trinajstić information content (AvgIpc) is 2.68. The number of anilines is 1. The Balaban J connectivity index is 1.65. The molecule has 9 heteroatoms. The van der Waals surface area contributed by atoms with Crippen LogP contribution in [0.5, 0.6) is 0 Å². The van der Waals surface area contributed by atoms with E-state index in [2.05, 4.69) is 15.3 Å². The molecule has 3 aromatic rings. The number of aromatic nitrogens is 2. The van der Waals surface area contributed by atoms with Crippen molar-refractivity contribution in [3.63, 3.8) is 0 Å². The summed E-state index contributed by atoms with van der Waals surface area (Å²) >= 11 is 5.79. The number of benzene rings is 2. The molecular formula is C20H19ClN4O3S. The van der Waals surface area contributed by atoms with Crippen LogP contribution in [0.15, 0.2) is 65.7 Å². The number of carbonyl (C=O) groups is 1. The lowest BCUT2D eigenvalue weighted by molar-refractivity contribution is -0.116. The average molecular weight is 431 g/mol. The zero-order valence-corrected chi connectivity index (χ0v) is 17.4. The zero-order chi connectivity index (χ0) is 21.0. The third-order valence-electron chi connectivity index (χ3n) is 4.11. The minimum absolute atomic E-state index is 0.0692. The van der Waals surface area contributed by atoms with E-state index in [0.29, 0.717) is 16.5 Å². The molecule has 1 aromatic heterocycles. The molecule has 0 unspecified atom stereocenters. The molecule has 2 aromatic carbocycles. The summed E-state index contributed by atoms with van der Waals surface area (Å²) in [5.74, 6) is 0.140. The second kappa shape index (κ2) is 8.69.